The van der Waals surface area contributed by atoms with E-state index in [2.05, 4.69) is 36.8 Å². The number of nitrogen functional groups attached to an aromatic ring is 1. The first-order valence-corrected chi connectivity index (χ1v) is 5.46. The molecule has 0 radical (unpaired) electrons. The van der Waals surface area contributed by atoms with Crippen LogP contribution in [0.25, 0.3) is 10.8 Å². The molecule has 2 N–H and O–H groups in total. The fourth-order valence-corrected chi connectivity index (χ4v) is 1.78. The van der Waals surface area contributed by atoms with Crippen LogP contribution in [0, 0.1) is 0 Å². The van der Waals surface area contributed by atoms with Gasteiger partial charge in [-0.3, -0.25) is 4.98 Å². The van der Waals surface area contributed by atoms with E-state index in [4.69, 9.17) is 5.73 Å². The van der Waals surface area contributed by atoms with Crippen LogP contribution >= 0.6 is 0 Å². The smallest absolute Gasteiger partial charge is 0.0448 e. The summed E-state index contributed by atoms with van der Waals surface area (Å²) in [6, 6.07) is 6.48. The summed E-state index contributed by atoms with van der Waals surface area (Å²) in [7, 11) is 2.09. The number of anilines is 2. The summed E-state index contributed by atoms with van der Waals surface area (Å²) in [5.74, 6) is 0. The third kappa shape index (κ3) is 1.69. The highest BCUT2D eigenvalue weighted by atomic mass is 15.1. The van der Waals surface area contributed by atoms with Crippen molar-refractivity contribution in [1.29, 1.82) is 0 Å². The van der Waals surface area contributed by atoms with Crippen molar-refractivity contribution in [2.24, 2.45) is 0 Å². The fourth-order valence-electron chi connectivity index (χ4n) is 1.78. The Morgan fingerprint density at radius 1 is 1.19 bits per heavy atom. The van der Waals surface area contributed by atoms with E-state index in [-0.39, 0.29) is 0 Å². The van der Waals surface area contributed by atoms with Crippen LogP contribution in [-0.2, 0) is 0 Å². The van der Waals surface area contributed by atoms with E-state index in [0.29, 0.717) is 6.04 Å². The minimum absolute atomic E-state index is 0.458. The molecule has 2 rings (SSSR count). The van der Waals surface area contributed by atoms with Gasteiger partial charge in [-0.2, -0.15) is 0 Å². The summed E-state index contributed by atoms with van der Waals surface area (Å²) in [4.78, 5) is 6.36. The monoisotopic (exact) mass is 215 g/mol. The number of benzene rings is 1. The van der Waals surface area contributed by atoms with Crippen molar-refractivity contribution in [1.82, 2.24) is 4.98 Å². The normalized spacial score (nSPS) is 11.0. The summed E-state index contributed by atoms with van der Waals surface area (Å²) in [5, 5.41) is 2.18. The van der Waals surface area contributed by atoms with E-state index < -0.39 is 0 Å². The van der Waals surface area contributed by atoms with Gasteiger partial charge in [-0.05, 0) is 32.0 Å². The zero-order chi connectivity index (χ0) is 11.7. The molecule has 0 amide bonds. The summed E-state index contributed by atoms with van der Waals surface area (Å²) < 4.78 is 0. The molecule has 1 aromatic carbocycles. The van der Waals surface area contributed by atoms with Crippen LogP contribution in [0.2, 0.25) is 0 Å². The molecule has 0 fully saturated rings. The lowest BCUT2D eigenvalue weighted by Crippen LogP contribution is -2.25. The maximum absolute atomic E-state index is 5.94. The van der Waals surface area contributed by atoms with Crippen LogP contribution in [0.15, 0.2) is 30.6 Å². The second kappa shape index (κ2) is 4.00. The van der Waals surface area contributed by atoms with Crippen molar-refractivity contribution in [2.75, 3.05) is 17.7 Å². The van der Waals surface area contributed by atoms with Crippen LogP contribution in [0.5, 0.6) is 0 Å². The fraction of sp³-hybridized carbons (Fsp3) is 0.308. The molecule has 16 heavy (non-hydrogen) atoms. The highest BCUT2D eigenvalue weighted by Gasteiger charge is 2.10. The molecule has 84 valence electrons. The lowest BCUT2D eigenvalue weighted by Gasteiger charge is -2.25. The van der Waals surface area contributed by atoms with Crippen LogP contribution in [0.3, 0.4) is 0 Å². The van der Waals surface area contributed by atoms with Gasteiger partial charge in [-0.1, -0.05) is 0 Å². The molecule has 1 heterocycles. The molecule has 0 bridgehead atoms. The molecule has 0 spiro atoms. The topological polar surface area (TPSA) is 42.1 Å². The van der Waals surface area contributed by atoms with Crippen molar-refractivity contribution in [3.05, 3.63) is 30.6 Å². The van der Waals surface area contributed by atoms with E-state index in [0.717, 1.165) is 16.5 Å². The number of aromatic nitrogens is 1. The number of nitrogens with zero attached hydrogens (tertiary/aromatic N) is 2. The van der Waals surface area contributed by atoms with Crippen molar-refractivity contribution in [2.45, 2.75) is 19.9 Å². The van der Waals surface area contributed by atoms with Gasteiger partial charge >= 0.3 is 0 Å². The quantitative estimate of drug-likeness (QED) is 0.783. The molecule has 0 saturated heterocycles. The first-order valence-electron chi connectivity index (χ1n) is 5.46. The molecule has 0 saturated carbocycles. The first kappa shape index (κ1) is 10.7. The van der Waals surface area contributed by atoms with Crippen LogP contribution < -0.4 is 10.6 Å². The Morgan fingerprint density at radius 2 is 1.94 bits per heavy atom. The zero-order valence-corrected chi connectivity index (χ0v) is 9.94. The van der Waals surface area contributed by atoms with E-state index in [9.17, 15) is 0 Å². The SMILES string of the molecule is CC(C)N(C)c1ccc(N)c2cnccc12. The molecule has 0 aliphatic rings. The molecular weight excluding hydrogens is 198 g/mol. The van der Waals surface area contributed by atoms with Crippen LogP contribution in [0.4, 0.5) is 11.4 Å². The predicted octanol–water partition coefficient (Wildman–Crippen LogP) is 2.66. The van der Waals surface area contributed by atoms with Crippen LogP contribution in [-0.4, -0.2) is 18.1 Å². The van der Waals surface area contributed by atoms with E-state index in [1.54, 1.807) is 6.20 Å². The Bertz CT molecular complexity index is 506. The summed E-state index contributed by atoms with van der Waals surface area (Å²) in [6.07, 6.45) is 3.63. The molecule has 3 heteroatoms. The Morgan fingerprint density at radius 3 is 2.62 bits per heavy atom. The number of fused-ring (bicyclic) bond motifs is 1. The molecule has 0 aliphatic carbocycles. The summed E-state index contributed by atoms with van der Waals surface area (Å²) >= 11 is 0. The summed E-state index contributed by atoms with van der Waals surface area (Å²) in [5.41, 5.74) is 7.92. The van der Waals surface area contributed by atoms with E-state index >= 15 is 0 Å². The molecule has 0 unspecified atom stereocenters. The Labute approximate surface area is 95.9 Å². The lowest BCUT2D eigenvalue weighted by atomic mass is 10.1. The molecule has 0 aliphatic heterocycles. The first-order chi connectivity index (χ1) is 7.61. The van der Waals surface area contributed by atoms with Gasteiger partial charge in [0.05, 0.1) is 0 Å². The minimum Gasteiger partial charge on any atom is -0.398 e. The Kier molecular flexibility index (Phi) is 2.69. The summed E-state index contributed by atoms with van der Waals surface area (Å²) in [6.45, 7) is 4.34. The van der Waals surface area contributed by atoms with Crippen molar-refractivity contribution >= 4 is 22.1 Å². The third-order valence-corrected chi connectivity index (χ3v) is 2.98. The van der Waals surface area contributed by atoms with E-state index in [1.807, 2.05) is 18.3 Å². The van der Waals surface area contributed by atoms with Gasteiger partial charge in [0, 0.05) is 47.6 Å². The highest BCUT2D eigenvalue weighted by molar-refractivity contribution is 6.00. The maximum Gasteiger partial charge on any atom is 0.0448 e. The maximum atomic E-state index is 5.94. The van der Waals surface area contributed by atoms with Gasteiger partial charge in [0.2, 0.25) is 0 Å². The molecule has 2 aromatic rings. The number of hydrogen-bond acceptors (Lipinski definition) is 3. The zero-order valence-electron chi connectivity index (χ0n) is 9.94. The average molecular weight is 215 g/mol. The number of nitrogens with two attached hydrogens (primary N) is 1. The molecule has 0 atom stereocenters. The standard InChI is InChI=1S/C13H17N3/c1-9(2)16(3)13-5-4-12(14)11-8-15-7-6-10(11)13/h4-9H,14H2,1-3H3. The van der Waals surface area contributed by atoms with Gasteiger partial charge in [0.25, 0.3) is 0 Å². The van der Waals surface area contributed by atoms with Crippen molar-refractivity contribution < 1.29 is 0 Å². The second-order valence-electron chi connectivity index (χ2n) is 4.30. The van der Waals surface area contributed by atoms with Crippen LogP contribution in [0.1, 0.15) is 13.8 Å². The molecule has 1 aromatic heterocycles. The second-order valence-corrected chi connectivity index (χ2v) is 4.30. The lowest BCUT2D eigenvalue weighted by molar-refractivity contribution is 0.757. The Hall–Kier alpha value is -1.77. The van der Waals surface area contributed by atoms with Gasteiger partial charge in [-0.15, -0.1) is 0 Å². The minimum atomic E-state index is 0.458. The third-order valence-electron chi connectivity index (χ3n) is 2.98. The highest BCUT2D eigenvalue weighted by Crippen LogP contribution is 2.30. The number of rotatable bonds is 2. The number of pyridine rings is 1. The molecular formula is C13H17N3. The largest absolute Gasteiger partial charge is 0.398 e. The molecule has 3 nitrogen and oxygen atoms in total. The van der Waals surface area contributed by atoms with Gasteiger partial charge in [-0.25, -0.2) is 0 Å². The number of hydrogen-bond donors (Lipinski definition) is 1. The average Bonchev–Trinajstić information content (AvgIpc) is 2.29. The van der Waals surface area contributed by atoms with Crippen molar-refractivity contribution in [3.8, 4) is 0 Å². The van der Waals surface area contributed by atoms with Gasteiger partial charge in [0.15, 0.2) is 0 Å². The van der Waals surface area contributed by atoms with Gasteiger partial charge < -0.3 is 10.6 Å². The van der Waals surface area contributed by atoms with E-state index in [1.165, 1.54) is 5.69 Å². The van der Waals surface area contributed by atoms with Gasteiger partial charge in [0.1, 0.15) is 0 Å². The predicted molar refractivity (Wildman–Crippen MR) is 69.7 cm³/mol. The Balaban J connectivity index is 2.67. The van der Waals surface area contributed by atoms with Crippen molar-refractivity contribution in [3.63, 3.8) is 0 Å².